The van der Waals surface area contributed by atoms with Crippen LogP contribution in [0.25, 0.3) is 0 Å². The standard InChI is InChI=1S/C22H24ClF3N4O2/c1-2-9-27-21(32)16-5-3-4-6-18(16)29-20(31)14-7-10-30(11-8-14)19-17(23)12-15(13-28-19)22(24,25)26/h3-6,12-14H,2,7-11H2,1H3,(H,27,32)(H,29,31). The number of rotatable bonds is 6. The fourth-order valence-corrected chi connectivity index (χ4v) is 3.82. The summed E-state index contributed by atoms with van der Waals surface area (Å²) in [4.78, 5) is 30.8. The molecule has 2 heterocycles. The van der Waals surface area contributed by atoms with Crippen LogP contribution in [-0.2, 0) is 11.0 Å². The fourth-order valence-electron chi connectivity index (χ4n) is 3.53. The van der Waals surface area contributed by atoms with Crippen molar-refractivity contribution >= 4 is 34.9 Å². The molecule has 2 N–H and O–H groups in total. The number of amides is 2. The van der Waals surface area contributed by atoms with Crippen molar-refractivity contribution in [1.29, 1.82) is 0 Å². The van der Waals surface area contributed by atoms with Crippen molar-refractivity contribution in [2.24, 2.45) is 5.92 Å². The molecule has 3 rings (SSSR count). The maximum absolute atomic E-state index is 12.8. The van der Waals surface area contributed by atoms with E-state index in [0.29, 0.717) is 43.7 Å². The van der Waals surface area contributed by atoms with Gasteiger partial charge < -0.3 is 15.5 Å². The molecular formula is C22H24ClF3N4O2. The maximum Gasteiger partial charge on any atom is 0.417 e. The van der Waals surface area contributed by atoms with Crippen molar-refractivity contribution in [2.75, 3.05) is 29.9 Å². The van der Waals surface area contributed by atoms with Crippen molar-refractivity contribution in [3.63, 3.8) is 0 Å². The lowest BCUT2D eigenvalue weighted by Gasteiger charge is -2.32. The number of hydrogen-bond donors (Lipinski definition) is 2. The number of carbonyl (C=O) groups excluding carboxylic acids is 2. The molecule has 172 valence electrons. The summed E-state index contributed by atoms with van der Waals surface area (Å²) < 4.78 is 38.5. The Kier molecular flexibility index (Phi) is 7.60. The Hall–Kier alpha value is -2.81. The van der Waals surface area contributed by atoms with E-state index < -0.39 is 11.7 Å². The number of halogens is 4. The number of anilines is 2. The summed E-state index contributed by atoms with van der Waals surface area (Å²) in [6, 6.07) is 7.67. The quantitative estimate of drug-likeness (QED) is 0.641. The molecule has 0 spiro atoms. The predicted molar refractivity (Wildman–Crippen MR) is 117 cm³/mol. The van der Waals surface area contributed by atoms with Crippen LogP contribution in [0.1, 0.15) is 42.1 Å². The molecular weight excluding hydrogens is 445 g/mol. The Morgan fingerprint density at radius 3 is 2.53 bits per heavy atom. The molecule has 2 aromatic rings. The molecule has 32 heavy (non-hydrogen) atoms. The summed E-state index contributed by atoms with van der Waals surface area (Å²) in [6.07, 6.45) is -1.98. The normalized spacial score (nSPS) is 14.8. The second kappa shape index (κ2) is 10.2. The van der Waals surface area contributed by atoms with Crippen LogP contribution in [-0.4, -0.2) is 36.4 Å². The molecule has 0 aliphatic carbocycles. The third-order valence-corrected chi connectivity index (χ3v) is 5.56. The number of benzene rings is 1. The number of aromatic nitrogens is 1. The number of alkyl halides is 3. The van der Waals surface area contributed by atoms with E-state index in [2.05, 4.69) is 15.6 Å². The minimum Gasteiger partial charge on any atom is -0.355 e. The highest BCUT2D eigenvalue weighted by Gasteiger charge is 2.33. The van der Waals surface area contributed by atoms with Crippen LogP contribution in [0, 0.1) is 5.92 Å². The number of nitrogens with one attached hydrogen (secondary N) is 2. The molecule has 1 aliphatic rings. The Balaban J connectivity index is 1.62. The largest absolute Gasteiger partial charge is 0.417 e. The van der Waals surface area contributed by atoms with Gasteiger partial charge in [-0.05, 0) is 37.5 Å². The van der Waals surface area contributed by atoms with Gasteiger partial charge in [-0.1, -0.05) is 30.7 Å². The maximum atomic E-state index is 12.8. The zero-order valence-corrected chi connectivity index (χ0v) is 18.3. The van der Waals surface area contributed by atoms with E-state index in [1.165, 1.54) is 0 Å². The number of carbonyl (C=O) groups is 2. The summed E-state index contributed by atoms with van der Waals surface area (Å²) in [5.74, 6) is -0.477. The first-order valence-electron chi connectivity index (χ1n) is 10.4. The van der Waals surface area contributed by atoms with Gasteiger partial charge in [0.25, 0.3) is 5.91 Å². The first kappa shape index (κ1) is 23.8. The van der Waals surface area contributed by atoms with E-state index in [1.807, 2.05) is 6.92 Å². The molecule has 6 nitrogen and oxygen atoms in total. The topological polar surface area (TPSA) is 74.3 Å². The molecule has 1 saturated heterocycles. The summed E-state index contributed by atoms with van der Waals surface area (Å²) in [6.45, 7) is 3.34. The minimum atomic E-state index is -4.51. The van der Waals surface area contributed by atoms with Gasteiger partial charge in [0.1, 0.15) is 5.82 Å². The summed E-state index contributed by atoms with van der Waals surface area (Å²) in [5, 5.41) is 5.57. The van der Waals surface area contributed by atoms with Crippen LogP contribution in [0.2, 0.25) is 5.02 Å². The van der Waals surface area contributed by atoms with Gasteiger partial charge in [-0.3, -0.25) is 9.59 Å². The molecule has 2 amide bonds. The average molecular weight is 469 g/mol. The summed E-state index contributed by atoms with van der Waals surface area (Å²) in [5.41, 5.74) is -0.0596. The second-order valence-electron chi connectivity index (χ2n) is 7.58. The van der Waals surface area contributed by atoms with E-state index in [0.717, 1.165) is 18.7 Å². The third-order valence-electron chi connectivity index (χ3n) is 5.28. The van der Waals surface area contributed by atoms with Gasteiger partial charge in [0.05, 0.1) is 21.8 Å². The average Bonchev–Trinajstić information content (AvgIpc) is 2.77. The zero-order chi connectivity index (χ0) is 23.3. The van der Waals surface area contributed by atoms with E-state index in [1.54, 1.807) is 29.2 Å². The summed E-state index contributed by atoms with van der Waals surface area (Å²) >= 11 is 6.04. The van der Waals surface area contributed by atoms with Crippen LogP contribution >= 0.6 is 11.6 Å². The molecule has 10 heteroatoms. The highest BCUT2D eigenvalue weighted by molar-refractivity contribution is 6.33. The van der Waals surface area contributed by atoms with Gasteiger partial charge in [-0.25, -0.2) is 4.98 Å². The molecule has 0 unspecified atom stereocenters. The molecule has 0 radical (unpaired) electrons. The zero-order valence-electron chi connectivity index (χ0n) is 17.5. The third kappa shape index (κ3) is 5.70. The van der Waals surface area contributed by atoms with Crippen molar-refractivity contribution in [2.45, 2.75) is 32.4 Å². The lowest BCUT2D eigenvalue weighted by atomic mass is 9.95. The Labute approximate surface area is 189 Å². The fraction of sp³-hybridized carbons (Fsp3) is 0.409. The molecule has 1 aromatic carbocycles. The molecule has 1 fully saturated rings. The van der Waals surface area contributed by atoms with Gasteiger partial charge in [0, 0.05) is 31.7 Å². The van der Waals surface area contributed by atoms with Crippen molar-refractivity contribution in [1.82, 2.24) is 10.3 Å². The van der Waals surface area contributed by atoms with Crippen molar-refractivity contribution in [3.05, 3.63) is 52.7 Å². The number of para-hydroxylation sites is 1. The van der Waals surface area contributed by atoms with Gasteiger partial charge in [0.15, 0.2) is 0 Å². The van der Waals surface area contributed by atoms with Gasteiger partial charge in [-0.2, -0.15) is 13.2 Å². The van der Waals surface area contributed by atoms with E-state index in [9.17, 15) is 22.8 Å². The van der Waals surface area contributed by atoms with Crippen molar-refractivity contribution < 1.29 is 22.8 Å². The predicted octanol–water partition coefficient (Wildman–Crippen LogP) is 4.75. The van der Waals surface area contributed by atoms with E-state index in [-0.39, 0.29) is 28.6 Å². The van der Waals surface area contributed by atoms with Crippen LogP contribution in [0.3, 0.4) is 0 Å². The second-order valence-corrected chi connectivity index (χ2v) is 7.99. The van der Waals surface area contributed by atoms with Gasteiger partial charge >= 0.3 is 6.18 Å². The Morgan fingerprint density at radius 1 is 1.22 bits per heavy atom. The number of nitrogens with zero attached hydrogens (tertiary/aromatic N) is 2. The van der Waals surface area contributed by atoms with Crippen LogP contribution in [0.4, 0.5) is 24.7 Å². The molecule has 0 bridgehead atoms. The highest BCUT2D eigenvalue weighted by atomic mass is 35.5. The number of hydrogen-bond acceptors (Lipinski definition) is 4. The molecule has 1 aliphatic heterocycles. The van der Waals surface area contributed by atoms with E-state index >= 15 is 0 Å². The minimum absolute atomic E-state index is 0.0743. The van der Waals surface area contributed by atoms with Crippen LogP contribution < -0.4 is 15.5 Å². The summed E-state index contributed by atoms with van der Waals surface area (Å²) in [7, 11) is 0. The Bertz CT molecular complexity index is 976. The van der Waals surface area contributed by atoms with Crippen molar-refractivity contribution in [3.8, 4) is 0 Å². The lowest BCUT2D eigenvalue weighted by Crippen LogP contribution is -2.39. The first-order chi connectivity index (χ1) is 15.2. The Morgan fingerprint density at radius 2 is 1.91 bits per heavy atom. The van der Waals surface area contributed by atoms with Gasteiger partial charge in [0.2, 0.25) is 5.91 Å². The molecule has 0 atom stereocenters. The number of piperidine rings is 1. The molecule has 0 saturated carbocycles. The van der Waals surface area contributed by atoms with Crippen LogP contribution in [0.15, 0.2) is 36.5 Å². The van der Waals surface area contributed by atoms with Gasteiger partial charge in [-0.15, -0.1) is 0 Å². The lowest BCUT2D eigenvalue weighted by molar-refractivity contribution is -0.137. The monoisotopic (exact) mass is 468 g/mol. The SMILES string of the molecule is CCCNC(=O)c1ccccc1NC(=O)C1CCN(c2ncc(C(F)(F)F)cc2Cl)CC1. The first-order valence-corrected chi connectivity index (χ1v) is 10.7. The smallest absolute Gasteiger partial charge is 0.355 e. The van der Waals surface area contributed by atoms with E-state index in [4.69, 9.17) is 11.6 Å². The van der Waals surface area contributed by atoms with Crippen LogP contribution in [0.5, 0.6) is 0 Å². The highest BCUT2D eigenvalue weighted by Crippen LogP contribution is 2.34. The molecule has 1 aromatic heterocycles. The number of pyridine rings is 1.